The van der Waals surface area contributed by atoms with Crippen molar-refractivity contribution in [1.29, 1.82) is 0 Å². The second kappa shape index (κ2) is 10.6. The Morgan fingerprint density at radius 2 is 1.75 bits per heavy atom. The number of hydrogen-bond acceptors (Lipinski definition) is 5. The summed E-state index contributed by atoms with van der Waals surface area (Å²) in [5.41, 5.74) is 2.56. The van der Waals surface area contributed by atoms with Crippen LogP contribution in [-0.4, -0.2) is 36.8 Å². The third-order valence-electron chi connectivity index (χ3n) is 11.8. The standard InChI is InChI=1S/C33H46O6S/c1-20-6-9-25(10-7-20)40(37,38)30(19-31(35)36)21(2)27-12-13-28-26-11-8-23-18-24(39-22(3)34)14-16-32(23,4)29(26)15-17-33(27,28)5/h6-10,21,24,26-30H,11-19H2,1-5H3,(H,35,36)/t21-,24-,26?,27+,28?,29?,30?,32-,33+/m0/s1. The minimum absolute atomic E-state index is 0.00320. The van der Waals surface area contributed by atoms with Crippen molar-refractivity contribution in [2.24, 2.45) is 40.4 Å². The van der Waals surface area contributed by atoms with E-state index >= 15 is 0 Å². The summed E-state index contributed by atoms with van der Waals surface area (Å²) in [6.07, 6.45) is 10.1. The van der Waals surface area contributed by atoms with Crippen LogP contribution in [0.1, 0.15) is 91.0 Å². The SMILES string of the molecule is CC(=O)O[C@H]1CC[C@@]2(C)C(=CCC3C2CC[C@@]2(C)C3CC[C@@H]2[C@H](C)C(CC(=O)O)S(=O)(=O)c2ccc(C)cc2)C1. The van der Waals surface area contributed by atoms with Gasteiger partial charge in [0.05, 0.1) is 16.6 Å². The number of carboxylic acid groups (broad SMARTS) is 1. The van der Waals surface area contributed by atoms with Gasteiger partial charge in [-0.15, -0.1) is 0 Å². The lowest BCUT2D eigenvalue weighted by atomic mass is 9.47. The minimum Gasteiger partial charge on any atom is -0.481 e. The molecule has 0 amide bonds. The highest BCUT2D eigenvalue weighted by Crippen LogP contribution is 2.67. The molecule has 0 radical (unpaired) electrons. The van der Waals surface area contributed by atoms with E-state index in [1.165, 1.54) is 12.5 Å². The van der Waals surface area contributed by atoms with Gasteiger partial charge in [-0.05, 0) is 104 Å². The summed E-state index contributed by atoms with van der Waals surface area (Å²) >= 11 is 0. The van der Waals surface area contributed by atoms with Gasteiger partial charge in [-0.2, -0.15) is 0 Å². The Morgan fingerprint density at radius 1 is 1.05 bits per heavy atom. The lowest BCUT2D eigenvalue weighted by Crippen LogP contribution is -2.51. The Labute approximate surface area is 239 Å². The van der Waals surface area contributed by atoms with E-state index in [0.29, 0.717) is 17.8 Å². The van der Waals surface area contributed by atoms with E-state index in [4.69, 9.17) is 4.74 Å². The fourth-order valence-corrected chi connectivity index (χ4v) is 11.8. The summed E-state index contributed by atoms with van der Waals surface area (Å²) in [4.78, 5) is 23.8. The number of hydrogen-bond donors (Lipinski definition) is 1. The first-order chi connectivity index (χ1) is 18.8. The summed E-state index contributed by atoms with van der Waals surface area (Å²) in [5, 5.41) is 8.84. The molecule has 0 saturated heterocycles. The van der Waals surface area contributed by atoms with Crippen LogP contribution >= 0.6 is 0 Å². The Balaban J connectivity index is 1.40. The fourth-order valence-electron chi connectivity index (χ4n) is 9.78. The maximum atomic E-state index is 13.9. The van der Waals surface area contributed by atoms with Gasteiger partial charge in [0.15, 0.2) is 9.84 Å². The van der Waals surface area contributed by atoms with Gasteiger partial charge < -0.3 is 9.84 Å². The minimum atomic E-state index is -3.80. The zero-order valence-corrected chi connectivity index (χ0v) is 25.5. The molecule has 6 nitrogen and oxygen atoms in total. The molecule has 40 heavy (non-hydrogen) atoms. The molecule has 4 aliphatic rings. The normalized spacial score (nSPS) is 36.8. The molecule has 3 saturated carbocycles. The molecule has 5 rings (SSSR count). The Bertz CT molecular complexity index is 1280. The molecule has 0 bridgehead atoms. The molecule has 0 aliphatic heterocycles. The van der Waals surface area contributed by atoms with Gasteiger partial charge >= 0.3 is 11.9 Å². The predicted octanol–water partition coefficient (Wildman–Crippen LogP) is 6.76. The highest BCUT2D eigenvalue weighted by atomic mass is 32.2. The van der Waals surface area contributed by atoms with E-state index in [0.717, 1.165) is 56.9 Å². The van der Waals surface area contributed by atoms with Crippen LogP contribution in [0.3, 0.4) is 0 Å². The molecule has 4 aliphatic carbocycles. The van der Waals surface area contributed by atoms with Gasteiger partial charge in [0, 0.05) is 13.3 Å². The van der Waals surface area contributed by atoms with E-state index in [9.17, 15) is 23.1 Å². The molecule has 1 N–H and O–H groups in total. The van der Waals surface area contributed by atoms with E-state index < -0.39 is 21.1 Å². The van der Waals surface area contributed by atoms with Crippen LogP contribution in [0.4, 0.5) is 0 Å². The van der Waals surface area contributed by atoms with Crippen LogP contribution in [-0.2, 0) is 24.2 Å². The van der Waals surface area contributed by atoms with E-state index in [1.807, 2.05) is 13.8 Å². The van der Waals surface area contributed by atoms with E-state index in [-0.39, 0.29) is 46.1 Å². The topological polar surface area (TPSA) is 97.7 Å². The molecule has 0 aromatic heterocycles. The van der Waals surface area contributed by atoms with Crippen LogP contribution in [0.5, 0.6) is 0 Å². The number of allylic oxidation sites excluding steroid dienone is 1. The highest BCUT2D eigenvalue weighted by Gasteiger charge is 2.60. The van der Waals surface area contributed by atoms with Crippen molar-refractivity contribution < 1.29 is 27.9 Å². The monoisotopic (exact) mass is 570 g/mol. The number of rotatable bonds is 7. The van der Waals surface area contributed by atoms with Crippen LogP contribution in [0, 0.1) is 47.3 Å². The average Bonchev–Trinajstić information content (AvgIpc) is 3.24. The van der Waals surface area contributed by atoms with Crippen molar-refractivity contribution in [2.45, 2.75) is 109 Å². The number of fused-ring (bicyclic) bond motifs is 5. The van der Waals surface area contributed by atoms with Crippen molar-refractivity contribution in [1.82, 2.24) is 0 Å². The quantitative estimate of drug-likeness (QED) is 0.287. The summed E-state index contributed by atoms with van der Waals surface area (Å²) in [7, 11) is -3.80. The van der Waals surface area contributed by atoms with E-state index in [2.05, 4.69) is 19.9 Å². The average molecular weight is 571 g/mol. The highest BCUT2D eigenvalue weighted by molar-refractivity contribution is 7.92. The number of aryl methyl sites for hydroxylation is 1. The Morgan fingerprint density at radius 3 is 2.40 bits per heavy atom. The molecule has 1 aromatic rings. The van der Waals surface area contributed by atoms with Crippen LogP contribution in [0.2, 0.25) is 0 Å². The van der Waals surface area contributed by atoms with Gasteiger partial charge in [0.2, 0.25) is 0 Å². The maximum Gasteiger partial charge on any atom is 0.304 e. The van der Waals surface area contributed by atoms with E-state index in [1.54, 1.807) is 24.3 Å². The Hall–Kier alpha value is -2.15. The van der Waals surface area contributed by atoms with Crippen molar-refractivity contribution in [2.75, 3.05) is 0 Å². The van der Waals surface area contributed by atoms with Gasteiger partial charge in [0.25, 0.3) is 0 Å². The summed E-state index contributed by atoms with van der Waals surface area (Å²) in [6.45, 7) is 10.2. The number of carbonyl (C=O) groups is 2. The van der Waals surface area contributed by atoms with Gasteiger partial charge in [-0.25, -0.2) is 8.42 Å². The fraction of sp³-hybridized carbons (Fsp3) is 0.697. The van der Waals surface area contributed by atoms with Crippen LogP contribution in [0.25, 0.3) is 0 Å². The lowest BCUT2D eigenvalue weighted by Gasteiger charge is -2.58. The summed E-state index contributed by atoms with van der Waals surface area (Å²) in [6, 6.07) is 6.82. The third kappa shape index (κ3) is 4.94. The van der Waals surface area contributed by atoms with Gasteiger partial charge in [-0.3, -0.25) is 9.59 Å². The maximum absolute atomic E-state index is 13.9. The number of benzene rings is 1. The summed E-state index contributed by atoms with van der Waals surface area (Å²) in [5.74, 6) is 0.309. The molecule has 1 aromatic carbocycles. The first kappa shape index (κ1) is 29.3. The number of sulfone groups is 1. The number of carbonyl (C=O) groups excluding carboxylic acids is 1. The summed E-state index contributed by atoms with van der Waals surface area (Å²) < 4.78 is 33.3. The smallest absolute Gasteiger partial charge is 0.304 e. The molecule has 9 atom stereocenters. The zero-order valence-electron chi connectivity index (χ0n) is 24.7. The lowest BCUT2D eigenvalue weighted by molar-refractivity contribution is -0.148. The number of esters is 1. The Kier molecular flexibility index (Phi) is 7.78. The first-order valence-electron chi connectivity index (χ1n) is 15.2. The predicted molar refractivity (Wildman–Crippen MR) is 154 cm³/mol. The van der Waals surface area contributed by atoms with Crippen molar-refractivity contribution >= 4 is 21.8 Å². The third-order valence-corrected chi connectivity index (χ3v) is 14.1. The molecule has 0 heterocycles. The second-order valence-corrected chi connectivity index (χ2v) is 16.0. The van der Waals surface area contributed by atoms with Crippen LogP contribution in [0.15, 0.2) is 40.8 Å². The number of aliphatic carboxylic acids is 1. The molecule has 7 heteroatoms. The second-order valence-electron chi connectivity index (χ2n) is 13.8. The molecule has 3 fully saturated rings. The van der Waals surface area contributed by atoms with Gasteiger partial charge in [0.1, 0.15) is 6.10 Å². The molecular formula is C33H46O6S. The molecule has 0 spiro atoms. The van der Waals surface area contributed by atoms with Crippen molar-refractivity contribution in [3.05, 3.63) is 41.5 Å². The molecular weight excluding hydrogens is 524 g/mol. The van der Waals surface area contributed by atoms with Crippen molar-refractivity contribution in [3.63, 3.8) is 0 Å². The zero-order chi connectivity index (χ0) is 29.0. The molecule has 220 valence electrons. The first-order valence-corrected chi connectivity index (χ1v) is 16.7. The van der Waals surface area contributed by atoms with Crippen LogP contribution < -0.4 is 0 Å². The van der Waals surface area contributed by atoms with Crippen molar-refractivity contribution in [3.8, 4) is 0 Å². The number of carboxylic acids is 1. The van der Waals surface area contributed by atoms with Gasteiger partial charge in [-0.1, -0.05) is 50.1 Å². The molecule has 4 unspecified atom stereocenters. The number of ether oxygens (including phenoxy) is 1. The largest absolute Gasteiger partial charge is 0.481 e.